The average molecular weight is 269 g/mol. The van der Waals surface area contributed by atoms with Crippen molar-refractivity contribution in [1.82, 2.24) is 4.98 Å². The lowest BCUT2D eigenvalue weighted by Gasteiger charge is -2.14. The molecule has 1 rings (SSSR count). The van der Waals surface area contributed by atoms with Crippen LogP contribution in [0.1, 0.15) is 5.56 Å². The van der Waals surface area contributed by atoms with Crippen molar-refractivity contribution in [3.63, 3.8) is 0 Å². The molecule has 0 aliphatic rings. The SMILES string of the molecule is CN(C)c1ccc(C(F)(F)F)c(Br)n1. The predicted molar refractivity (Wildman–Crippen MR) is 51.3 cm³/mol. The molecule has 1 aromatic heterocycles. The number of aromatic nitrogens is 1. The van der Waals surface area contributed by atoms with Gasteiger partial charge in [-0.15, -0.1) is 0 Å². The Morgan fingerprint density at radius 3 is 2.21 bits per heavy atom. The second kappa shape index (κ2) is 3.76. The molecule has 0 saturated carbocycles. The Balaban J connectivity index is 3.15. The van der Waals surface area contributed by atoms with Crippen LogP contribution in [0.25, 0.3) is 0 Å². The van der Waals surface area contributed by atoms with E-state index in [1.165, 1.54) is 6.07 Å². The first-order valence-corrected chi connectivity index (χ1v) is 4.52. The number of nitrogens with zero attached hydrogens (tertiary/aromatic N) is 2. The van der Waals surface area contributed by atoms with E-state index in [2.05, 4.69) is 20.9 Å². The fourth-order valence-electron chi connectivity index (χ4n) is 0.885. The van der Waals surface area contributed by atoms with Gasteiger partial charge in [0.1, 0.15) is 10.4 Å². The zero-order valence-electron chi connectivity index (χ0n) is 7.56. The summed E-state index contributed by atoms with van der Waals surface area (Å²) in [6.45, 7) is 0. The van der Waals surface area contributed by atoms with Crippen LogP contribution < -0.4 is 4.90 Å². The summed E-state index contributed by atoms with van der Waals surface area (Å²) in [5.74, 6) is 0.477. The molecule has 0 spiro atoms. The van der Waals surface area contributed by atoms with Gasteiger partial charge in [0.15, 0.2) is 0 Å². The molecular weight excluding hydrogens is 261 g/mol. The van der Waals surface area contributed by atoms with Crippen LogP contribution in [0.5, 0.6) is 0 Å². The first-order chi connectivity index (χ1) is 6.32. The van der Waals surface area contributed by atoms with Crippen molar-refractivity contribution < 1.29 is 13.2 Å². The third kappa shape index (κ3) is 2.37. The third-order valence-electron chi connectivity index (χ3n) is 1.60. The molecule has 6 heteroatoms. The minimum absolute atomic E-state index is 0.184. The van der Waals surface area contributed by atoms with Crippen LogP contribution in [0.3, 0.4) is 0 Å². The standard InChI is InChI=1S/C8H8BrF3N2/c1-14(2)6-4-3-5(7(9)13-6)8(10,11)12/h3-4H,1-2H3. The normalized spacial score (nSPS) is 11.6. The van der Waals surface area contributed by atoms with E-state index in [1.807, 2.05) is 0 Å². The third-order valence-corrected chi connectivity index (χ3v) is 2.20. The molecule has 0 saturated heterocycles. The first kappa shape index (κ1) is 11.3. The van der Waals surface area contributed by atoms with E-state index in [-0.39, 0.29) is 4.60 Å². The Morgan fingerprint density at radius 1 is 1.29 bits per heavy atom. The maximum absolute atomic E-state index is 12.3. The Kier molecular flexibility index (Phi) is 3.04. The topological polar surface area (TPSA) is 16.1 Å². The molecule has 0 aliphatic carbocycles. The van der Waals surface area contributed by atoms with Gasteiger partial charge in [-0.05, 0) is 28.1 Å². The van der Waals surface area contributed by atoms with E-state index in [4.69, 9.17) is 0 Å². The van der Waals surface area contributed by atoms with Crippen LogP contribution in [-0.4, -0.2) is 19.1 Å². The van der Waals surface area contributed by atoms with E-state index in [9.17, 15) is 13.2 Å². The van der Waals surface area contributed by atoms with Gasteiger partial charge in [0.25, 0.3) is 0 Å². The smallest absolute Gasteiger partial charge is 0.363 e. The van der Waals surface area contributed by atoms with Gasteiger partial charge >= 0.3 is 6.18 Å². The number of halogens is 4. The number of hydrogen-bond acceptors (Lipinski definition) is 2. The Hall–Kier alpha value is -0.780. The number of pyridine rings is 1. The molecule has 0 radical (unpaired) electrons. The fourth-order valence-corrected chi connectivity index (χ4v) is 1.42. The highest BCUT2D eigenvalue weighted by Gasteiger charge is 2.33. The lowest BCUT2D eigenvalue weighted by atomic mass is 10.3. The average Bonchev–Trinajstić information content (AvgIpc) is 2.01. The summed E-state index contributed by atoms with van der Waals surface area (Å²) in [6, 6.07) is 2.33. The molecule has 0 N–H and O–H groups in total. The minimum atomic E-state index is -4.36. The zero-order chi connectivity index (χ0) is 10.9. The lowest BCUT2D eigenvalue weighted by molar-refractivity contribution is -0.138. The van der Waals surface area contributed by atoms with Crippen molar-refractivity contribution in [2.45, 2.75) is 6.18 Å². The summed E-state index contributed by atoms with van der Waals surface area (Å²) >= 11 is 2.79. The summed E-state index contributed by atoms with van der Waals surface area (Å²) in [6.07, 6.45) is -4.36. The largest absolute Gasteiger partial charge is 0.419 e. The van der Waals surface area contributed by atoms with Gasteiger partial charge in [-0.3, -0.25) is 0 Å². The highest BCUT2D eigenvalue weighted by atomic mass is 79.9. The van der Waals surface area contributed by atoms with Crippen LogP contribution in [0, 0.1) is 0 Å². The van der Waals surface area contributed by atoms with E-state index >= 15 is 0 Å². The first-order valence-electron chi connectivity index (χ1n) is 3.73. The molecule has 0 aromatic carbocycles. The van der Waals surface area contributed by atoms with E-state index in [0.29, 0.717) is 5.82 Å². The molecule has 2 nitrogen and oxygen atoms in total. The van der Waals surface area contributed by atoms with Crippen LogP contribution in [0.4, 0.5) is 19.0 Å². The Morgan fingerprint density at radius 2 is 1.86 bits per heavy atom. The lowest BCUT2D eigenvalue weighted by Crippen LogP contribution is -2.13. The van der Waals surface area contributed by atoms with Gasteiger partial charge in [0, 0.05) is 14.1 Å². The minimum Gasteiger partial charge on any atom is -0.363 e. The highest BCUT2D eigenvalue weighted by Crippen LogP contribution is 2.34. The van der Waals surface area contributed by atoms with Crippen molar-refractivity contribution in [3.05, 3.63) is 22.3 Å². The molecule has 14 heavy (non-hydrogen) atoms. The van der Waals surface area contributed by atoms with Crippen LogP contribution in [0.2, 0.25) is 0 Å². The second-order valence-corrected chi connectivity index (χ2v) is 3.65. The Bertz CT molecular complexity index is 336. The molecular formula is C8H8BrF3N2. The molecule has 78 valence electrons. The van der Waals surface area contributed by atoms with Gasteiger partial charge in [0.2, 0.25) is 0 Å². The van der Waals surface area contributed by atoms with Gasteiger partial charge in [-0.2, -0.15) is 13.2 Å². The summed E-state index contributed by atoms with van der Waals surface area (Å²) in [7, 11) is 3.42. The van der Waals surface area contributed by atoms with Gasteiger partial charge < -0.3 is 4.90 Å². The maximum atomic E-state index is 12.3. The van der Waals surface area contributed by atoms with E-state index in [0.717, 1.165) is 6.07 Å². The summed E-state index contributed by atoms with van der Waals surface area (Å²) in [5, 5.41) is 0. The summed E-state index contributed by atoms with van der Waals surface area (Å²) in [4.78, 5) is 5.39. The van der Waals surface area contributed by atoms with Crippen molar-refractivity contribution in [1.29, 1.82) is 0 Å². The number of anilines is 1. The van der Waals surface area contributed by atoms with Gasteiger partial charge in [0.05, 0.1) is 5.56 Å². The Labute approximate surface area is 87.9 Å². The quantitative estimate of drug-likeness (QED) is 0.729. The van der Waals surface area contributed by atoms with Crippen molar-refractivity contribution in [3.8, 4) is 0 Å². The van der Waals surface area contributed by atoms with E-state index in [1.54, 1.807) is 19.0 Å². The van der Waals surface area contributed by atoms with Crippen LogP contribution in [-0.2, 0) is 6.18 Å². The molecule has 0 fully saturated rings. The predicted octanol–water partition coefficient (Wildman–Crippen LogP) is 2.93. The molecule has 0 aliphatic heterocycles. The number of alkyl halides is 3. The van der Waals surface area contributed by atoms with Crippen LogP contribution in [0.15, 0.2) is 16.7 Å². The van der Waals surface area contributed by atoms with Gasteiger partial charge in [-0.25, -0.2) is 4.98 Å². The molecule has 0 atom stereocenters. The fraction of sp³-hybridized carbons (Fsp3) is 0.375. The zero-order valence-corrected chi connectivity index (χ0v) is 9.15. The molecule has 0 unspecified atom stereocenters. The molecule has 1 heterocycles. The van der Waals surface area contributed by atoms with Gasteiger partial charge in [-0.1, -0.05) is 0 Å². The van der Waals surface area contributed by atoms with Crippen molar-refractivity contribution in [2.75, 3.05) is 19.0 Å². The second-order valence-electron chi connectivity index (χ2n) is 2.90. The maximum Gasteiger partial charge on any atom is 0.419 e. The number of rotatable bonds is 1. The monoisotopic (exact) mass is 268 g/mol. The van der Waals surface area contributed by atoms with Crippen molar-refractivity contribution in [2.24, 2.45) is 0 Å². The van der Waals surface area contributed by atoms with E-state index < -0.39 is 11.7 Å². The highest BCUT2D eigenvalue weighted by molar-refractivity contribution is 9.10. The number of hydrogen-bond donors (Lipinski definition) is 0. The molecule has 1 aromatic rings. The van der Waals surface area contributed by atoms with Crippen molar-refractivity contribution >= 4 is 21.7 Å². The van der Waals surface area contributed by atoms with Crippen LogP contribution >= 0.6 is 15.9 Å². The summed E-state index contributed by atoms with van der Waals surface area (Å²) in [5.41, 5.74) is -0.761. The molecule has 0 bridgehead atoms. The summed E-state index contributed by atoms with van der Waals surface area (Å²) < 4.78 is 36.7. The molecule has 0 amide bonds.